The number of nitrogens with one attached hydrogen (secondary N) is 2. The predicted molar refractivity (Wildman–Crippen MR) is 86.5 cm³/mol. The molecule has 0 saturated heterocycles. The largest absolute Gasteiger partial charge is 0.480 e. The molecule has 5 N–H and O–H groups in total. The highest BCUT2D eigenvalue weighted by Crippen LogP contribution is 2.24. The quantitative estimate of drug-likeness (QED) is 0.582. The molecule has 7 nitrogen and oxygen atoms in total. The summed E-state index contributed by atoms with van der Waals surface area (Å²) in [6.07, 6.45) is 3.29. The van der Waals surface area contributed by atoms with E-state index in [0.717, 1.165) is 29.3 Å². The molecule has 2 aromatic rings. The zero-order valence-electron chi connectivity index (χ0n) is 13.0. The van der Waals surface area contributed by atoms with E-state index in [2.05, 4.69) is 10.3 Å². The number of carboxylic acids is 1. The molecule has 1 aromatic carbocycles. The number of carbonyl (C=O) groups is 2. The molecule has 0 aliphatic heterocycles. The Balaban J connectivity index is 2.11. The van der Waals surface area contributed by atoms with Crippen molar-refractivity contribution in [3.63, 3.8) is 0 Å². The maximum Gasteiger partial charge on any atom is 0.412 e. The third-order valence-electron chi connectivity index (χ3n) is 3.51. The number of rotatable bonds is 7. The fourth-order valence-electron chi connectivity index (χ4n) is 2.22. The van der Waals surface area contributed by atoms with Gasteiger partial charge in [-0.05, 0) is 30.2 Å². The highest BCUT2D eigenvalue weighted by Gasteiger charge is 2.15. The van der Waals surface area contributed by atoms with E-state index in [0.29, 0.717) is 12.3 Å². The second-order valence-electron chi connectivity index (χ2n) is 5.34. The third-order valence-corrected chi connectivity index (χ3v) is 3.51. The van der Waals surface area contributed by atoms with Crippen LogP contribution in [0.15, 0.2) is 24.4 Å². The number of ether oxygens (including phenoxy) is 1. The molecule has 0 saturated carbocycles. The van der Waals surface area contributed by atoms with Crippen molar-refractivity contribution in [1.29, 1.82) is 0 Å². The first-order chi connectivity index (χ1) is 11.0. The van der Waals surface area contributed by atoms with E-state index in [1.54, 1.807) is 24.4 Å². The molecule has 1 heterocycles. The Bertz CT molecular complexity index is 696. The molecule has 0 aliphatic rings. The van der Waals surface area contributed by atoms with E-state index in [1.165, 1.54) is 0 Å². The number of carboxylic acid groups (broad SMARTS) is 1. The number of benzene rings is 1. The number of nitrogens with two attached hydrogens (primary N) is 1. The molecular formula is C16H21N3O4. The summed E-state index contributed by atoms with van der Waals surface area (Å²) in [5, 5.41) is 12.4. The Kier molecular flexibility index (Phi) is 5.59. The number of hydrogen-bond acceptors (Lipinski definition) is 4. The van der Waals surface area contributed by atoms with Crippen LogP contribution in [0.25, 0.3) is 10.9 Å². The normalized spacial score (nSPS) is 12.1. The maximum atomic E-state index is 11.7. The van der Waals surface area contributed by atoms with Gasteiger partial charge in [0, 0.05) is 30.1 Å². The number of amides is 1. The minimum atomic E-state index is -1.05. The predicted octanol–water partition coefficient (Wildman–Crippen LogP) is 2.01. The van der Waals surface area contributed by atoms with Crippen LogP contribution in [-0.2, 0) is 11.2 Å². The van der Waals surface area contributed by atoms with E-state index in [4.69, 9.17) is 15.6 Å². The SMILES string of the molecule is CCCCNC(=O)Oc1ccc2[nH]cc(CC(N)C(=O)O)c2c1. The Morgan fingerprint density at radius 2 is 2.22 bits per heavy atom. The Morgan fingerprint density at radius 1 is 1.43 bits per heavy atom. The second kappa shape index (κ2) is 7.64. The first kappa shape index (κ1) is 16.8. The van der Waals surface area contributed by atoms with Crippen LogP contribution in [0.4, 0.5) is 4.79 Å². The molecule has 0 spiro atoms. The average molecular weight is 319 g/mol. The van der Waals surface area contributed by atoms with Crippen molar-refractivity contribution in [2.45, 2.75) is 32.2 Å². The van der Waals surface area contributed by atoms with Crippen LogP contribution < -0.4 is 15.8 Å². The first-order valence-electron chi connectivity index (χ1n) is 7.55. The molecule has 124 valence electrons. The van der Waals surface area contributed by atoms with Gasteiger partial charge in [0.05, 0.1) is 0 Å². The lowest BCUT2D eigenvalue weighted by Gasteiger charge is -2.07. The van der Waals surface area contributed by atoms with E-state index >= 15 is 0 Å². The number of aromatic nitrogens is 1. The summed E-state index contributed by atoms with van der Waals surface area (Å²) in [6.45, 7) is 2.61. The van der Waals surface area contributed by atoms with Gasteiger partial charge in [0.15, 0.2) is 0 Å². The molecule has 1 unspecified atom stereocenters. The van der Waals surface area contributed by atoms with Gasteiger partial charge in [-0.1, -0.05) is 13.3 Å². The molecule has 0 fully saturated rings. The first-order valence-corrected chi connectivity index (χ1v) is 7.55. The van der Waals surface area contributed by atoms with E-state index in [1.807, 2.05) is 6.92 Å². The van der Waals surface area contributed by atoms with Gasteiger partial charge in [-0.2, -0.15) is 0 Å². The summed E-state index contributed by atoms with van der Waals surface area (Å²) in [5.74, 6) is -0.654. The van der Waals surface area contributed by atoms with Gasteiger partial charge >= 0.3 is 12.1 Å². The number of H-pyrrole nitrogens is 1. The van der Waals surface area contributed by atoms with Crippen molar-refractivity contribution in [2.24, 2.45) is 5.73 Å². The molecule has 1 amide bonds. The van der Waals surface area contributed by atoms with Crippen LogP contribution in [0.3, 0.4) is 0 Å². The maximum absolute atomic E-state index is 11.7. The van der Waals surface area contributed by atoms with Crippen molar-refractivity contribution in [2.75, 3.05) is 6.54 Å². The van der Waals surface area contributed by atoms with Gasteiger partial charge in [0.25, 0.3) is 0 Å². The van der Waals surface area contributed by atoms with Gasteiger partial charge < -0.3 is 25.9 Å². The Morgan fingerprint density at radius 3 is 2.91 bits per heavy atom. The van der Waals surface area contributed by atoms with Crippen molar-refractivity contribution in [3.05, 3.63) is 30.0 Å². The van der Waals surface area contributed by atoms with Crippen molar-refractivity contribution >= 4 is 23.0 Å². The standard InChI is InChI=1S/C16H21N3O4/c1-2-3-6-18-16(22)23-11-4-5-14-12(8-11)10(9-19-14)7-13(17)15(20)21/h4-5,8-9,13,19H,2-3,6-7,17H2,1H3,(H,18,22)(H,20,21). The highest BCUT2D eigenvalue weighted by atomic mass is 16.6. The topological polar surface area (TPSA) is 117 Å². The molecular weight excluding hydrogens is 298 g/mol. The number of fused-ring (bicyclic) bond motifs is 1. The number of unbranched alkanes of at least 4 members (excludes halogenated alkanes) is 1. The van der Waals surface area contributed by atoms with Crippen molar-refractivity contribution in [3.8, 4) is 5.75 Å². The Labute approximate surface area is 133 Å². The van der Waals surface area contributed by atoms with Gasteiger partial charge in [0.1, 0.15) is 11.8 Å². The fourth-order valence-corrected chi connectivity index (χ4v) is 2.22. The molecule has 0 bridgehead atoms. The zero-order chi connectivity index (χ0) is 16.8. The summed E-state index contributed by atoms with van der Waals surface area (Å²) >= 11 is 0. The highest BCUT2D eigenvalue weighted by molar-refractivity contribution is 5.86. The second-order valence-corrected chi connectivity index (χ2v) is 5.34. The minimum absolute atomic E-state index is 0.196. The lowest BCUT2D eigenvalue weighted by Crippen LogP contribution is -2.32. The van der Waals surface area contributed by atoms with Crippen LogP contribution >= 0.6 is 0 Å². The summed E-state index contributed by atoms with van der Waals surface area (Å²) < 4.78 is 5.23. The summed E-state index contributed by atoms with van der Waals surface area (Å²) in [4.78, 5) is 25.6. The molecule has 0 radical (unpaired) electrons. The molecule has 1 aromatic heterocycles. The third kappa shape index (κ3) is 4.46. The van der Waals surface area contributed by atoms with Crippen molar-refractivity contribution < 1.29 is 19.4 Å². The van der Waals surface area contributed by atoms with E-state index in [9.17, 15) is 9.59 Å². The number of carbonyl (C=O) groups excluding carboxylic acids is 1. The van der Waals surface area contributed by atoms with Gasteiger partial charge in [-0.3, -0.25) is 4.79 Å². The number of aromatic amines is 1. The summed E-state index contributed by atoms with van der Waals surface area (Å²) in [5.41, 5.74) is 7.18. The van der Waals surface area contributed by atoms with Gasteiger partial charge in [-0.25, -0.2) is 4.79 Å². The minimum Gasteiger partial charge on any atom is -0.480 e. The van der Waals surface area contributed by atoms with Crippen LogP contribution in [0.2, 0.25) is 0 Å². The number of aliphatic carboxylic acids is 1. The molecule has 7 heteroatoms. The van der Waals surface area contributed by atoms with Crippen LogP contribution in [0, 0.1) is 0 Å². The van der Waals surface area contributed by atoms with Crippen molar-refractivity contribution in [1.82, 2.24) is 10.3 Å². The van der Waals surface area contributed by atoms with Crippen LogP contribution in [0.1, 0.15) is 25.3 Å². The van der Waals surface area contributed by atoms with Crippen LogP contribution in [0.5, 0.6) is 5.75 Å². The van der Waals surface area contributed by atoms with Crippen LogP contribution in [-0.4, -0.2) is 34.7 Å². The average Bonchev–Trinajstić information content (AvgIpc) is 2.90. The molecule has 1 atom stereocenters. The number of hydrogen-bond donors (Lipinski definition) is 4. The van der Waals surface area contributed by atoms with E-state index in [-0.39, 0.29) is 6.42 Å². The monoisotopic (exact) mass is 319 g/mol. The lowest BCUT2D eigenvalue weighted by atomic mass is 10.1. The molecule has 0 aliphatic carbocycles. The molecule has 2 rings (SSSR count). The fraction of sp³-hybridized carbons (Fsp3) is 0.375. The lowest BCUT2D eigenvalue weighted by molar-refractivity contribution is -0.138. The van der Waals surface area contributed by atoms with Gasteiger partial charge in [-0.15, -0.1) is 0 Å². The summed E-state index contributed by atoms with van der Waals surface area (Å²) in [7, 11) is 0. The smallest absolute Gasteiger partial charge is 0.412 e. The van der Waals surface area contributed by atoms with E-state index < -0.39 is 18.1 Å². The zero-order valence-corrected chi connectivity index (χ0v) is 13.0. The van der Waals surface area contributed by atoms with Gasteiger partial charge in [0.2, 0.25) is 0 Å². The Hall–Kier alpha value is -2.54. The summed E-state index contributed by atoms with van der Waals surface area (Å²) in [6, 6.07) is 4.18. The molecule has 23 heavy (non-hydrogen) atoms.